The molecule has 0 aromatic heterocycles. The summed E-state index contributed by atoms with van der Waals surface area (Å²) < 4.78 is 16.0. The first-order valence-corrected chi connectivity index (χ1v) is 23.1. The van der Waals surface area contributed by atoms with Crippen molar-refractivity contribution in [2.75, 3.05) is 65.4 Å². The molecule has 2 spiro atoms. The molecule has 336 valence electrons. The van der Waals surface area contributed by atoms with Gasteiger partial charge >= 0.3 is 150 Å². The molecule has 0 bridgehead atoms. The van der Waals surface area contributed by atoms with Gasteiger partial charge in [0.15, 0.2) is 0 Å². The molecule has 4 aromatic rings. The number of aromatic hydroxyl groups is 1. The summed E-state index contributed by atoms with van der Waals surface area (Å²) in [5.41, 5.74) is 8.56. The zero-order valence-corrected chi connectivity index (χ0v) is 52.6. The minimum atomic E-state index is -2.33. The second kappa shape index (κ2) is 24.8. The van der Waals surface area contributed by atoms with Gasteiger partial charge in [0.25, 0.3) is 0 Å². The molecule has 65 heavy (non-hydrogen) atoms. The fraction of sp³-hybridized carbons (Fsp3) is 0.471. The van der Waals surface area contributed by atoms with E-state index in [1.54, 1.807) is 6.07 Å². The van der Waals surface area contributed by atoms with Crippen LogP contribution in [0.1, 0.15) is 59.1 Å². The smallest absolute Gasteiger partial charge is 0.652 e. The van der Waals surface area contributed by atoms with Crippen LogP contribution >= 0.6 is 15.9 Å². The van der Waals surface area contributed by atoms with Gasteiger partial charge in [0.05, 0.1) is 31.7 Å². The number of rotatable bonds is 12. The number of esters is 2. The number of carbonyl (C=O) groups is 3. The molecular weight excluding hydrogens is 1130 g/mol. The summed E-state index contributed by atoms with van der Waals surface area (Å²) in [5.74, 6) is 1.29. The average molecular weight is 1190 g/mol. The summed E-state index contributed by atoms with van der Waals surface area (Å²) in [6.45, 7) is 6.71. The summed E-state index contributed by atoms with van der Waals surface area (Å²) in [6, 6.07) is 33.3. The number of fused-ring (bicyclic) bond motifs is 2. The van der Waals surface area contributed by atoms with E-state index in [1.807, 2.05) is 18.2 Å². The number of hydrogen-bond donors (Lipinski definition) is 1. The number of nitrogens with zero attached hydrogens (tertiary/aromatic N) is 2. The van der Waals surface area contributed by atoms with Crippen LogP contribution in [-0.4, -0.2) is 98.4 Å². The Hall–Kier alpha value is -0.806. The third-order valence-electron chi connectivity index (χ3n) is 13.6. The van der Waals surface area contributed by atoms with Crippen molar-refractivity contribution < 1.29 is 182 Å². The van der Waals surface area contributed by atoms with Crippen LogP contribution in [-0.2, 0) is 57.6 Å². The molecule has 6 aliphatic rings. The molecule has 14 heteroatoms. The quantitative estimate of drug-likeness (QED) is 0.146. The number of methoxy groups -OCH3 is 2. The number of carboxylic acid groups (broad SMARTS) is 2. The number of likely N-dealkylation sites (tertiary alicyclic amines) is 2. The molecule has 0 amide bonds. The number of phenols is 1. The van der Waals surface area contributed by atoms with Gasteiger partial charge in [-0.25, -0.2) is 0 Å². The monoisotopic (exact) mass is 1190 g/mol. The van der Waals surface area contributed by atoms with Crippen LogP contribution in [0.3, 0.4) is 0 Å². The number of ether oxygens (including phenoxy) is 3. The summed E-state index contributed by atoms with van der Waals surface area (Å²) in [5, 5.41) is 27.3. The number of benzene rings is 4. The van der Waals surface area contributed by atoms with Crippen LogP contribution in [0.2, 0.25) is 0 Å². The minimum Gasteiger partial charge on any atom is -0.652 e. The van der Waals surface area contributed by atoms with Crippen LogP contribution in [0.15, 0.2) is 97.1 Å². The number of carbonyl (C=O) groups excluding carboxylic acids is 3. The largest absolute Gasteiger partial charge is 1.00 e. The van der Waals surface area contributed by atoms with Gasteiger partial charge in [0, 0.05) is 61.8 Å². The molecule has 4 aliphatic carbocycles. The van der Waals surface area contributed by atoms with Gasteiger partial charge in [-0.05, 0) is 122 Å². The van der Waals surface area contributed by atoms with Crippen molar-refractivity contribution in [2.24, 2.45) is 21.7 Å². The van der Waals surface area contributed by atoms with E-state index >= 15 is 0 Å². The van der Waals surface area contributed by atoms with E-state index in [4.69, 9.17) is 29.2 Å². The fourth-order valence-corrected chi connectivity index (χ4v) is 10.8. The Kier molecular flexibility index (Phi) is 21.1. The normalized spacial score (nSPS) is 18.8. The number of halogens is 1. The topological polar surface area (TPSA) is 152 Å². The first-order chi connectivity index (χ1) is 30.3. The van der Waals surface area contributed by atoms with Gasteiger partial charge < -0.3 is 44.1 Å². The van der Waals surface area contributed by atoms with Crippen molar-refractivity contribution in [3.63, 3.8) is 0 Å². The Labute approximate surface area is 510 Å². The van der Waals surface area contributed by atoms with E-state index in [0.717, 1.165) is 115 Å². The SMILES string of the molecule is BrCCc1ccccc1.COC(=O)C1(CN2CC3(Cc4ccc(O)cc4C3)C2)CC1.COC(=O)C1(CN2CC3(Cc4ccc(OCCc5ccccc5)cc4C3)C2)CC1.O=C([O-])[O-].[Cs+].[Cs+]. The first-order valence-electron chi connectivity index (χ1n) is 22.0. The second-order valence-electron chi connectivity index (χ2n) is 18.7. The molecule has 2 saturated carbocycles. The Morgan fingerprint density at radius 2 is 1.03 bits per heavy atom. The Morgan fingerprint density at radius 1 is 0.615 bits per heavy atom. The predicted molar refractivity (Wildman–Crippen MR) is 239 cm³/mol. The minimum absolute atomic E-state index is 0. The Balaban J connectivity index is 0.000000192. The Morgan fingerprint density at radius 3 is 1.46 bits per heavy atom. The van der Waals surface area contributed by atoms with Gasteiger partial charge in [-0.15, -0.1) is 0 Å². The van der Waals surface area contributed by atoms with E-state index < -0.39 is 6.16 Å². The number of alkyl halides is 1. The van der Waals surface area contributed by atoms with E-state index in [-0.39, 0.29) is 161 Å². The van der Waals surface area contributed by atoms with Crippen LogP contribution < -0.4 is 153 Å². The standard InChI is InChI=1S/C25H29NO3.C17H21NO3.C8H9Br.CH2O3.2Cs/c1-28-23(27)25(10-11-25)18-26-16-24(17-26)14-20-7-8-22(13-21(20)15-24)29-12-9-19-5-3-2-4-6-19;1-21-15(20)17(4-5-17)11-18-9-16(10-18)7-12-2-3-14(19)6-13(12)8-16;9-7-6-8-4-2-1-3-5-8;2-1(3)4;;/h2-8,13H,9-12,14-18H2,1H3;2-3,6,19H,4-5,7-11H2,1H3;1-5H,6-7H2;(H2,2,3,4);;/q;;;;2*+1/p-2. The molecule has 2 heterocycles. The van der Waals surface area contributed by atoms with Gasteiger partial charge in [-0.2, -0.15) is 0 Å². The van der Waals surface area contributed by atoms with Crippen LogP contribution in [0, 0.1) is 21.7 Å². The molecule has 4 aromatic carbocycles. The molecule has 0 unspecified atom stereocenters. The Bertz CT molecular complexity index is 2210. The molecule has 10 rings (SSSR count). The number of aryl methyl sites for hydroxylation is 1. The van der Waals surface area contributed by atoms with Gasteiger partial charge in [-0.3, -0.25) is 9.59 Å². The fourth-order valence-electron chi connectivity index (χ4n) is 10.3. The van der Waals surface area contributed by atoms with Crippen LogP contribution in [0.25, 0.3) is 0 Å². The maximum atomic E-state index is 12.0. The molecule has 2 saturated heterocycles. The summed E-state index contributed by atoms with van der Waals surface area (Å²) in [7, 11) is 2.99. The van der Waals surface area contributed by atoms with Crippen molar-refractivity contribution in [1.82, 2.24) is 9.80 Å². The van der Waals surface area contributed by atoms with Crippen molar-refractivity contribution in [1.29, 1.82) is 0 Å². The van der Waals surface area contributed by atoms with Gasteiger partial charge in [0.1, 0.15) is 11.5 Å². The van der Waals surface area contributed by atoms with E-state index in [9.17, 15) is 14.7 Å². The maximum Gasteiger partial charge on any atom is 1.00 e. The van der Waals surface area contributed by atoms with Crippen LogP contribution in [0.5, 0.6) is 11.5 Å². The van der Waals surface area contributed by atoms with E-state index in [2.05, 4.69) is 98.5 Å². The molecule has 0 atom stereocenters. The van der Waals surface area contributed by atoms with Crippen LogP contribution in [0.4, 0.5) is 4.79 Å². The van der Waals surface area contributed by atoms with E-state index in [0.29, 0.717) is 23.2 Å². The summed E-state index contributed by atoms with van der Waals surface area (Å²) >= 11 is 3.39. The molecule has 1 N–H and O–H groups in total. The third-order valence-corrected chi connectivity index (χ3v) is 14.0. The summed E-state index contributed by atoms with van der Waals surface area (Å²) in [4.78, 5) is 37.0. The zero-order valence-electron chi connectivity index (χ0n) is 38.5. The van der Waals surface area contributed by atoms with Crippen molar-refractivity contribution in [3.8, 4) is 11.5 Å². The molecule has 2 aliphatic heterocycles. The van der Waals surface area contributed by atoms with E-state index in [1.165, 1.54) is 47.6 Å². The average Bonchev–Trinajstić information content (AvgIpc) is 4.15. The van der Waals surface area contributed by atoms with Crippen molar-refractivity contribution in [3.05, 3.63) is 130 Å². The van der Waals surface area contributed by atoms with Crippen molar-refractivity contribution in [2.45, 2.75) is 64.2 Å². The predicted octanol–water partition coefficient (Wildman–Crippen LogP) is -0.407. The first kappa shape index (κ1) is 55.1. The summed E-state index contributed by atoms with van der Waals surface area (Å²) in [6.07, 6.45) is 8.05. The molecule has 11 nitrogen and oxygen atoms in total. The van der Waals surface area contributed by atoms with Gasteiger partial charge in [0.2, 0.25) is 0 Å². The number of hydrogen-bond acceptors (Lipinski definition) is 11. The molecule has 4 fully saturated rings. The number of phenolic OH excluding ortho intramolecular Hbond substituents is 1. The molecular formula is C51H59BrCs2N2O9. The zero-order chi connectivity index (χ0) is 44.7. The maximum absolute atomic E-state index is 12.0. The second-order valence-corrected chi connectivity index (χ2v) is 19.5. The third kappa shape index (κ3) is 14.9. The van der Waals surface area contributed by atoms with Crippen molar-refractivity contribution >= 4 is 34.0 Å². The molecule has 0 radical (unpaired) electrons. The van der Waals surface area contributed by atoms with Gasteiger partial charge in [-0.1, -0.05) is 88.7 Å².